The van der Waals surface area contributed by atoms with E-state index in [9.17, 15) is 9.59 Å². The minimum atomic E-state index is -0.656. The second-order valence-corrected chi connectivity index (χ2v) is 7.52. The second-order valence-electron chi connectivity index (χ2n) is 7.52. The first-order chi connectivity index (χ1) is 15.1. The van der Waals surface area contributed by atoms with Gasteiger partial charge < -0.3 is 15.2 Å². The van der Waals surface area contributed by atoms with E-state index in [2.05, 4.69) is 30.1 Å². The average Bonchev–Trinajstić information content (AvgIpc) is 3.18. The van der Waals surface area contributed by atoms with Gasteiger partial charge in [-0.05, 0) is 6.92 Å². The molecule has 0 bridgehead atoms. The third-order valence-electron chi connectivity index (χ3n) is 5.34. The van der Waals surface area contributed by atoms with Gasteiger partial charge in [-0.15, -0.1) is 0 Å². The van der Waals surface area contributed by atoms with E-state index < -0.39 is 6.04 Å². The van der Waals surface area contributed by atoms with E-state index in [0.717, 1.165) is 29.2 Å². The largest absolute Gasteiger partial charge is 0.357 e. The Balaban J connectivity index is 1.65. The molecular formula is C22H25N7O2. The molecular weight excluding hydrogens is 394 g/mol. The number of imidazole rings is 1. The first-order valence-corrected chi connectivity index (χ1v) is 10.2. The van der Waals surface area contributed by atoms with E-state index in [1.165, 1.54) is 6.33 Å². The van der Waals surface area contributed by atoms with Gasteiger partial charge >= 0.3 is 0 Å². The quantitative estimate of drug-likeness (QED) is 0.623. The van der Waals surface area contributed by atoms with Gasteiger partial charge in [0.2, 0.25) is 5.91 Å². The molecule has 3 aromatic rings. The summed E-state index contributed by atoms with van der Waals surface area (Å²) in [5, 5.41) is 5.31. The van der Waals surface area contributed by atoms with Crippen LogP contribution in [0.3, 0.4) is 0 Å². The molecule has 3 heterocycles. The molecule has 0 radical (unpaired) electrons. The topological polar surface area (TPSA) is 105 Å². The lowest BCUT2D eigenvalue weighted by atomic mass is 10.2. The summed E-state index contributed by atoms with van der Waals surface area (Å²) < 4.78 is 2.10. The molecule has 1 aromatic carbocycles. The molecule has 9 heteroatoms. The van der Waals surface area contributed by atoms with Gasteiger partial charge in [0.1, 0.15) is 18.2 Å². The van der Waals surface area contributed by atoms with Crippen molar-refractivity contribution >= 4 is 11.8 Å². The zero-order chi connectivity index (χ0) is 21.8. The highest BCUT2D eigenvalue weighted by Gasteiger charge is 2.29. The smallest absolute Gasteiger partial charge is 0.272 e. The van der Waals surface area contributed by atoms with E-state index in [1.807, 2.05) is 30.3 Å². The van der Waals surface area contributed by atoms with Crippen LogP contribution in [0, 0.1) is 0 Å². The standard InChI is InChI=1S/C22H25N7O2/c1-15(21(30)23-2)26-22(31)19-18-13-28(12-16-10-24-14-25-11-16)8-9-29(18)20(27-19)17-6-4-3-5-7-17/h3-7,10-11,14-15H,8-9,12-13H2,1-2H3,(H,23,30)(H,26,31)/t15-/m0/s1. The summed E-state index contributed by atoms with van der Waals surface area (Å²) in [6, 6.07) is 9.17. The average molecular weight is 419 g/mol. The number of benzene rings is 1. The van der Waals surface area contributed by atoms with Crippen molar-refractivity contribution in [3.05, 3.63) is 66.0 Å². The lowest BCUT2D eigenvalue weighted by Crippen LogP contribution is -2.44. The van der Waals surface area contributed by atoms with Gasteiger partial charge in [-0.3, -0.25) is 14.5 Å². The summed E-state index contributed by atoms with van der Waals surface area (Å²) in [6.07, 6.45) is 5.11. The van der Waals surface area contributed by atoms with E-state index in [1.54, 1.807) is 26.4 Å². The zero-order valence-electron chi connectivity index (χ0n) is 17.6. The van der Waals surface area contributed by atoms with Gasteiger partial charge in [-0.1, -0.05) is 30.3 Å². The highest BCUT2D eigenvalue weighted by molar-refractivity contribution is 5.97. The Hall–Kier alpha value is -3.59. The number of nitrogens with one attached hydrogen (secondary N) is 2. The third kappa shape index (κ3) is 4.46. The van der Waals surface area contributed by atoms with Gasteiger partial charge in [0.05, 0.1) is 5.69 Å². The fraction of sp³-hybridized carbons (Fsp3) is 0.318. The summed E-state index contributed by atoms with van der Waals surface area (Å²) in [4.78, 5) is 40.0. The van der Waals surface area contributed by atoms with Crippen LogP contribution in [0.2, 0.25) is 0 Å². The van der Waals surface area contributed by atoms with Crippen molar-refractivity contribution in [2.45, 2.75) is 32.6 Å². The zero-order valence-corrected chi connectivity index (χ0v) is 17.6. The van der Waals surface area contributed by atoms with E-state index in [-0.39, 0.29) is 11.8 Å². The summed E-state index contributed by atoms with van der Waals surface area (Å²) in [7, 11) is 1.54. The Kier molecular flexibility index (Phi) is 6.03. The van der Waals surface area contributed by atoms with Gasteiger partial charge in [0.25, 0.3) is 5.91 Å². The molecule has 1 aliphatic rings. The number of amides is 2. The number of carbonyl (C=O) groups is 2. The van der Waals surface area contributed by atoms with Crippen LogP contribution < -0.4 is 10.6 Å². The fourth-order valence-corrected chi connectivity index (χ4v) is 3.76. The minimum Gasteiger partial charge on any atom is -0.357 e. The van der Waals surface area contributed by atoms with Gasteiger partial charge in [-0.25, -0.2) is 15.0 Å². The van der Waals surface area contributed by atoms with E-state index >= 15 is 0 Å². The summed E-state index contributed by atoms with van der Waals surface area (Å²) >= 11 is 0. The van der Waals surface area contributed by atoms with Crippen molar-refractivity contribution in [2.75, 3.05) is 13.6 Å². The van der Waals surface area contributed by atoms with Crippen LogP contribution in [-0.4, -0.2) is 55.9 Å². The lowest BCUT2D eigenvalue weighted by molar-refractivity contribution is -0.122. The van der Waals surface area contributed by atoms with Crippen LogP contribution in [0.1, 0.15) is 28.7 Å². The Morgan fingerprint density at radius 3 is 2.58 bits per heavy atom. The highest BCUT2D eigenvalue weighted by Crippen LogP contribution is 2.27. The summed E-state index contributed by atoms with van der Waals surface area (Å²) in [5.41, 5.74) is 3.15. The number of rotatable bonds is 6. The predicted octanol–water partition coefficient (Wildman–Crippen LogP) is 1.22. The molecule has 2 amide bonds. The Morgan fingerprint density at radius 2 is 1.87 bits per heavy atom. The van der Waals surface area contributed by atoms with Gasteiger partial charge in [-0.2, -0.15) is 0 Å². The maximum Gasteiger partial charge on any atom is 0.272 e. The fourth-order valence-electron chi connectivity index (χ4n) is 3.76. The van der Waals surface area contributed by atoms with Crippen molar-refractivity contribution in [2.24, 2.45) is 0 Å². The number of hydrogen-bond donors (Lipinski definition) is 2. The molecule has 1 atom stereocenters. The molecule has 31 heavy (non-hydrogen) atoms. The van der Waals surface area contributed by atoms with Crippen molar-refractivity contribution in [3.8, 4) is 11.4 Å². The number of carbonyl (C=O) groups excluding carboxylic acids is 2. The number of likely N-dealkylation sites (N-methyl/N-ethyl adjacent to an activating group) is 1. The summed E-state index contributed by atoms with van der Waals surface area (Å²) in [6.45, 7) is 4.42. The SMILES string of the molecule is CNC(=O)[C@H](C)NC(=O)c1nc(-c2ccccc2)n2c1CN(Cc1cncnc1)CC2. The first-order valence-electron chi connectivity index (χ1n) is 10.2. The van der Waals surface area contributed by atoms with Crippen molar-refractivity contribution in [3.63, 3.8) is 0 Å². The monoisotopic (exact) mass is 419 g/mol. The molecule has 160 valence electrons. The molecule has 0 fully saturated rings. The molecule has 0 spiro atoms. The third-order valence-corrected chi connectivity index (χ3v) is 5.34. The predicted molar refractivity (Wildman–Crippen MR) is 115 cm³/mol. The Morgan fingerprint density at radius 1 is 1.13 bits per heavy atom. The molecule has 2 N–H and O–H groups in total. The molecule has 0 aliphatic carbocycles. The number of nitrogens with zero attached hydrogens (tertiary/aromatic N) is 5. The lowest BCUT2D eigenvalue weighted by Gasteiger charge is -2.29. The van der Waals surface area contributed by atoms with Gasteiger partial charge in [0.15, 0.2) is 5.69 Å². The number of aromatic nitrogens is 4. The van der Waals surface area contributed by atoms with E-state index in [4.69, 9.17) is 4.98 Å². The molecule has 0 saturated carbocycles. The molecule has 9 nitrogen and oxygen atoms in total. The number of fused-ring (bicyclic) bond motifs is 1. The van der Waals surface area contributed by atoms with Crippen molar-refractivity contribution in [1.29, 1.82) is 0 Å². The molecule has 0 unspecified atom stereocenters. The van der Waals surface area contributed by atoms with Crippen LogP contribution >= 0.6 is 0 Å². The van der Waals surface area contributed by atoms with Crippen LogP contribution in [-0.2, 0) is 24.4 Å². The molecule has 0 saturated heterocycles. The van der Waals surface area contributed by atoms with Crippen LogP contribution in [0.25, 0.3) is 11.4 Å². The van der Waals surface area contributed by atoms with Gasteiger partial charge in [0, 0.05) is 56.7 Å². The van der Waals surface area contributed by atoms with Crippen molar-refractivity contribution in [1.82, 2.24) is 35.1 Å². The molecule has 4 rings (SSSR count). The van der Waals surface area contributed by atoms with Crippen LogP contribution in [0.4, 0.5) is 0 Å². The Labute approximate surface area is 180 Å². The first kappa shape index (κ1) is 20.7. The molecule has 1 aliphatic heterocycles. The highest BCUT2D eigenvalue weighted by atomic mass is 16.2. The van der Waals surface area contributed by atoms with Crippen molar-refractivity contribution < 1.29 is 9.59 Å². The Bertz CT molecular complexity index is 1070. The second kappa shape index (κ2) is 9.05. The maximum atomic E-state index is 13.1. The minimum absolute atomic E-state index is 0.254. The van der Waals surface area contributed by atoms with Crippen LogP contribution in [0.15, 0.2) is 49.1 Å². The molecule has 2 aromatic heterocycles. The summed E-state index contributed by atoms with van der Waals surface area (Å²) in [5.74, 6) is 0.151. The van der Waals surface area contributed by atoms with Crippen LogP contribution in [0.5, 0.6) is 0 Å². The number of hydrogen-bond acceptors (Lipinski definition) is 6. The van der Waals surface area contributed by atoms with E-state index in [0.29, 0.717) is 25.3 Å². The maximum absolute atomic E-state index is 13.1. The normalized spacial score (nSPS) is 14.5.